The van der Waals surface area contributed by atoms with Crippen LogP contribution in [0.1, 0.15) is 54.1 Å². The van der Waals surface area contributed by atoms with Crippen LogP contribution in [-0.2, 0) is 22.6 Å². The van der Waals surface area contributed by atoms with Crippen LogP contribution in [0.3, 0.4) is 0 Å². The van der Waals surface area contributed by atoms with Crippen LogP contribution in [0.5, 0.6) is 0 Å². The number of hydrogen-bond donors (Lipinski definition) is 0. The van der Waals surface area contributed by atoms with Crippen molar-refractivity contribution in [1.82, 2.24) is 10.1 Å². The fraction of sp³-hybridized carbons (Fsp3) is 0.476. The standard InChI is InChI=1S/C21H24N2O3S/c1-14-16(15(2)26-23-14)13-25-20(24)21(10-6-3-7-11-21)12-19-22-17-8-4-5-9-18(17)27-19/h4-5,8-9H,3,6-7,10-13H2,1-2H3. The van der Waals surface area contributed by atoms with Crippen molar-refractivity contribution in [1.29, 1.82) is 0 Å². The van der Waals surface area contributed by atoms with Crippen LogP contribution in [0, 0.1) is 19.3 Å². The number of carbonyl (C=O) groups is 1. The Hall–Kier alpha value is -2.21. The third kappa shape index (κ3) is 3.63. The van der Waals surface area contributed by atoms with Crippen molar-refractivity contribution < 1.29 is 14.1 Å². The number of nitrogens with zero attached hydrogens (tertiary/aromatic N) is 2. The average molecular weight is 385 g/mol. The van der Waals surface area contributed by atoms with Crippen molar-refractivity contribution in [3.05, 3.63) is 46.3 Å². The molecule has 3 aromatic rings. The Balaban J connectivity index is 1.54. The second kappa shape index (κ2) is 7.43. The number of hydrogen-bond acceptors (Lipinski definition) is 6. The highest BCUT2D eigenvalue weighted by Crippen LogP contribution is 2.42. The maximum absolute atomic E-state index is 13.2. The second-order valence-electron chi connectivity index (χ2n) is 7.47. The van der Waals surface area contributed by atoms with Gasteiger partial charge in [0.15, 0.2) is 0 Å². The monoisotopic (exact) mass is 384 g/mol. The molecule has 0 aliphatic heterocycles. The van der Waals surface area contributed by atoms with Gasteiger partial charge in [-0.2, -0.15) is 0 Å². The normalized spacial score (nSPS) is 16.5. The number of carbonyl (C=O) groups excluding carboxylic acids is 1. The first kappa shape index (κ1) is 18.2. The molecule has 1 aliphatic rings. The number of aromatic nitrogens is 2. The van der Waals surface area contributed by atoms with Gasteiger partial charge in [-0.3, -0.25) is 4.79 Å². The Labute approximate surface area is 162 Å². The molecule has 2 heterocycles. The van der Waals surface area contributed by atoms with E-state index in [2.05, 4.69) is 11.2 Å². The number of fused-ring (bicyclic) bond motifs is 1. The van der Waals surface area contributed by atoms with Gasteiger partial charge < -0.3 is 9.26 Å². The number of rotatable bonds is 5. The maximum Gasteiger partial charge on any atom is 0.312 e. The van der Waals surface area contributed by atoms with Crippen molar-refractivity contribution in [2.75, 3.05) is 0 Å². The lowest BCUT2D eigenvalue weighted by molar-refractivity contribution is -0.159. The second-order valence-corrected chi connectivity index (χ2v) is 8.59. The molecule has 0 unspecified atom stereocenters. The minimum Gasteiger partial charge on any atom is -0.460 e. The zero-order valence-corrected chi connectivity index (χ0v) is 16.6. The largest absolute Gasteiger partial charge is 0.460 e. The van der Waals surface area contributed by atoms with Crippen molar-refractivity contribution in [3.63, 3.8) is 0 Å². The number of esters is 1. The molecule has 5 nitrogen and oxygen atoms in total. The first-order valence-electron chi connectivity index (χ1n) is 9.51. The Morgan fingerprint density at radius 2 is 2.00 bits per heavy atom. The van der Waals surface area contributed by atoms with Gasteiger partial charge in [0.2, 0.25) is 0 Å². The lowest BCUT2D eigenvalue weighted by atomic mass is 9.72. The van der Waals surface area contributed by atoms with Crippen LogP contribution in [-0.4, -0.2) is 16.1 Å². The number of ether oxygens (including phenoxy) is 1. The zero-order chi connectivity index (χ0) is 18.9. The van der Waals surface area contributed by atoms with E-state index in [-0.39, 0.29) is 12.6 Å². The molecule has 4 rings (SSSR count). The molecule has 1 aromatic carbocycles. The fourth-order valence-electron chi connectivity index (χ4n) is 3.97. The summed E-state index contributed by atoms with van der Waals surface area (Å²) in [4.78, 5) is 17.9. The highest BCUT2D eigenvalue weighted by Gasteiger charge is 2.42. The van der Waals surface area contributed by atoms with Crippen LogP contribution in [0.25, 0.3) is 10.2 Å². The predicted octanol–water partition coefficient (Wildman–Crippen LogP) is 5.14. The lowest BCUT2D eigenvalue weighted by Crippen LogP contribution is -2.37. The molecule has 2 aromatic heterocycles. The summed E-state index contributed by atoms with van der Waals surface area (Å²) < 4.78 is 12.1. The molecule has 0 atom stereocenters. The zero-order valence-electron chi connectivity index (χ0n) is 15.8. The van der Waals surface area contributed by atoms with Gasteiger partial charge in [0.1, 0.15) is 12.4 Å². The molecule has 0 amide bonds. The van der Waals surface area contributed by atoms with E-state index in [1.807, 2.05) is 32.0 Å². The first-order valence-corrected chi connectivity index (χ1v) is 10.3. The molecule has 6 heteroatoms. The molecule has 0 radical (unpaired) electrons. The summed E-state index contributed by atoms with van der Waals surface area (Å²) in [6.45, 7) is 3.94. The quantitative estimate of drug-likeness (QED) is 0.570. The summed E-state index contributed by atoms with van der Waals surface area (Å²) in [6, 6.07) is 8.14. The summed E-state index contributed by atoms with van der Waals surface area (Å²) in [7, 11) is 0. The van der Waals surface area contributed by atoms with E-state index in [9.17, 15) is 4.79 Å². The van der Waals surface area contributed by atoms with Gasteiger partial charge in [-0.1, -0.05) is 36.6 Å². The minimum atomic E-state index is -0.467. The van der Waals surface area contributed by atoms with Crippen LogP contribution in [0.15, 0.2) is 28.8 Å². The van der Waals surface area contributed by atoms with Gasteiger partial charge in [0, 0.05) is 6.42 Å². The van der Waals surface area contributed by atoms with Gasteiger partial charge in [0.25, 0.3) is 0 Å². The van der Waals surface area contributed by atoms with Crippen molar-refractivity contribution >= 4 is 27.5 Å². The molecule has 1 saturated carbocycles. The summed E-state index contributed by atoms with van der Waals surface area (Å²) >= 11 is 1.68. The highest BCUT2D eigenvalue weighted by molar-refractivity contribution is 7.18. The summed E-state index contributed by atoms with van der Waals surface area (Å²) in [6.07, 6.45) is 5.69. The molecule has 1 aliphatic carbocycles. The number of aryl methyl sites for hydroxylation is 2. The Morgan fingerprint density at radius 3 is 2.70 bits per heavy atom. The molecule has 0 saturated heterocycles. The molecule has 1 fully saturated rings. The van der Waals surface area contributed by atoms with Crippen LogP contribution < -0.4 is 0 Å². The van der Waals surface area contributed by atoms with Gasteiger partial charge in [-0.05, 0) is 38.8 Å². The number of para-hydroxylation sites is 1. The van der Waals surface area contributed by atoms with Crippen molar-refractivity contribution in [2.45, 2.75) is 59.0 Å². The molecule has 0 spiro atoms. The maximum atomic E-state index is 13.2. The molecule has 0 bridgehead atoms. The average Bonchev–Trinajstić information content (AvgIpc) is 3.22. The predicted molar refractivity (Wildman–Crippen MR) is 105 cm³/mol. The summed E-state index contributed by atoms with van der Waals surface area (Å²) in [5, 5.41) is 4.96. The van der Waals surface area contributed by atoms with E-state index >= 15 is 0 Å². The third-order valence-corrected chi connectivity index (χ3v) is 6.64. The van der Waals surface area contributed by atoms with E-state index in [0.717, 1.165) is 47.5 Å². The van der Waals surface area contributed by atoms with Crippen LogP contribution >= 0.6 is 11.3 Å². The molecule has 27 heavy (non-hydrogen) atoms. The first-order chi connectivity index (χ1) is 13.1. The molecule has 0 N–H and O–H groups in total. The molecule has 142 valence electrons. The summed E-state index contributed by atoms with van der Waals surface area (Å²) in [5.74, 6) is 0.602. The van der Waals surface area contributed by atoms with E-state index < -0.39 is 5.41 Å². The van der Waals surface area contributed by atoms with E-state index in [4.69, 9.17) is 14.2 Å². The van der Waals surface area contributed by atoms with Gasteiger partial charge in [0.05, 0.1) is 31.9 Å². The number of thiazole rings is 1. The van der Waals surface area contributed by atoms with E-state index in [1.54, 1.807) is 11.3 Å². The molecular formula is C21H24N2O3S. The van der Waals surface area contributed by atoms with Crippen LogP contribution in [0.2, 0.25) is 0 Å². The van der Waals surface area contributed by atoms with Gasteiger partial charge in [-0.25, -0.2) is 4.98 Å². The minimum absolute atomic E-state index is 0.110. The number of benzene rings is 1. The van der Waals surface area contributed by atoms with E-state index in [1.165, 1.54) is 11.1 Å². The fourth-order valence-corrected chi connectivity index (χ4v) is 5.08. The Kier molecular flexibility index (Phi) is 5.00. The van der Waals surface area contributed by atoms with E-state index in [0.29, 0.717) is 12.2 Å². The van der Waals surface area contributed by atoms with Crippen molar-refractivity contribution in [2.24, 2.45) is 5.41 Å². The molecular weight excluding hydrogens is 360 g/mol. The Morgan fingerprint density at radius 1 is 1.22 bits per heavy atom. The SMILES string of the molecule is Cc1noc(C)c1COC(=O)C1(Cc2nc3ccccc3s2)CCCCC1. The lowest BCUT2D eigenvalue weighted by Gasteiger charge is -2.34. The van der Waals surface area contributed by atoms with Gasteiger partial charge in [-0.15, -0.1) is 11.3 Å². The summed E-state index contributed by atoms with van der Waals surface area (Å²) in [5.41, 5.74) is 2.19. The topological polar surface area (TPSA) is 65.2 Å². The highest BCUT2D eigenvalue weighted by atomic mass is 32.1. The smallest absolute Gasteiger partial charge is 0.312 e. The van der Waals surface area contributed by atoms with Crippen molar-refractivity contribution in [3.8, 4) is 0 Å². The third-order valence-electron chi connectivity index (χ3n) is 5.60. The van der Waals surface area contributed by atoms with Gasteiger partial charge >= 0.3 is 5.97 Å². The Bertz CT molecular complexity index is 901. The van der Waals surface area contributed by atoms with Crippen LogP contribution in [0.4, 0.5) is 0 Å².